The van der Waals surface area contributed by atoms with E-state index in [4.69, 9.17) is 23.2 Å². The van der Waals surface area contributed by atoms with Crippen molar-refractivity contribution < 1.29 is 4.79 Å². The molecule has 4 nitrogen and oxygen atoms in total. The number of rotatable bonds is 4. The standard InChI is InChI=1S/C17H13Cl2N3O/c18-14-7-4-8-15(16(14)19)21-17(23)13-9-20-22(11-13)10-12-5-2-1-3-6-12/h1-9,11H,10H2,(H,21,23). The van der Waals surface area contributed by atoms with Gasteiger partial charge in [0, 0.05) is 6.20 Å². The third kappa shape index (κ3) is 3.73. The fourth-order valence-corrected chi connectivity index (χ4v) is 2.48. The molecule has 1 aromatic heterocycles. The van der Waals surface area contributed by atoms with E-state index in [9.17, 15) is 4.79 Å². The maximum atomic E-state index is 12.3. The van der Waals surface area contributed by atoms with E-state index in [1.165, 1.54) is 6.20 Å². The van der Waals surface area contributed by atoms with Crippen molar-refractivity contribution >= 4 is 34.8 Å². The molecule has 0 saturated carbocycles. The molecule has 3 aromatic rings. The lowest BCUT2D eigenvalue weighted by atomic mass is 10.2. The molecule has 0 spiro atoms. The largest absolute Gasteiger partial charge is 0.320 e. The van der Waals surface area contributed by atoms with Crippen molar-refractivity contribution in [2.75, 3.05) is 5.32 Å². The molecule has 6 heteroatoms. The van der Waals surface area contributed by atoms with Gasteiger partial charge in [-0.05, 0) is 17.7 Å². The smallest absolute Gasteiger partial charge is 0.258 e. The van der Waals surface area contributed by atoms with Gasteiger partial charge in [0.2, 0.25) is 0 Å². The van der Waals surface area contributed by atoms with Crippen LogP contribution in [0.2, 0.25) is 10.0 Å². The number of benzene rings is 2. The molecule has 0 unspecified atom stereocenters. The van der Waals surface area contributed by atoms with E-state index in [-0.39, 0.29) is 5.91 Å². The quantitative estimate of drug-likeness (QED) is 0.757. The zero-order chi connectivity index (χ0) is 16.2. The number of anilines is 1. The van der Waals surface area contributed by atoms with E-state index >= 15 is 0 Å². The first-order valence-electron chi connectivity index (χ1n) is 6.95. The van der Waals surface area contributed by atoms with Crippen molar-refractivity contribution in [3.05, 3.63) is 82.1 Å². The molecule has 23 heavy (non-hydrogen) atoms. The minimum atomic E-state index is -0.284. The molecule has 0 bridgehead atoms. The summed E-state index contributed by atoms with van der Waals surface area (Å²) in [6.45, 7) is 0.603. The van der Waals surface area contributed by atoms with Crippen molar-refractivity contribution in [1.82, 2.24) is 9.78 Å². The van der Waals surface area contributed by atoms with Crippen LogP contribution < -0.4 is 5.32 Å². The van der Waals surface area contributed by atoms with Crippen LogP contribution in [0, 0.1) is 0 Å². The van der Waals surface area contributed by atoms with Crippen molar-refractivity contribution in [1.29, 1.82) is 0 Å². The van der Waals surface area contributed by atoms with Crippen LogP contribution in [0.1, 0.15) is 15.9 Å². The topological polar surface area (TPSA) is 46.9 Å². The molecule has 0 aliphatic rings. The molecule has 1 N–H and O–H groups in total. The number of nitrogens with zero attached hydrogens (tertiary/aromatic N) is 2. The van der Waals surface area contributed by atoms with E-state index in [2.05, 4.69) is 10.4 Å². The highest BCUT2D eigenvalue weighted by Gasteiger charge is 2.12. The van der Waals surface area contributed by atoms with Gasteiger partial charge in [0.05, 0.1) is 34.0 Å². The predicted octanol–water partition coefficient (Wildman–Crippen LogP) is 4.49. The summed E-state index contributed by atoms with van der Waals surface area (Å²) >= 11 is 12.0. The summed E-state index contributed by atoms with van der Waals surface area (Å²) in [4.78, 5) is 12.3. The van der Waals surface area contributed by atoms with Crippen LogP contribution in [0.25, 0.3) is 0 Å². The second-order valence-electron chi connectivity index (χ2n) is 4.97. The van der Waals surface area contributed by atoms with Gasteiger partial charge in [-0.2, -0.15) is 5.10 Å². The Bertz CT molecular complexity index is 831. The number of amides is 1. The van der Waals surface area contributed by atoms with Crippen LogP contribution in [0.3, 0.4) is 0 Å². The molecule has 116 valence electrons. The Morgan fingerprint density at radius 1 is 1.09 bits per heavy atom. The highest BCUT2D eigenvalue weighted by molar-refractivity contribution is 6.44. The minimum Gasteiger partial charge on any atom is -0.320 e. The molecule has 0 aliphatic carbocycles. The Balaban J connectivity index is 1.72. The lowest BCUT2D eigenvalue weighted by molar-refractivity contribution is 0.102. The summed E-state index contributed by atoms with van der Waals surface area (Å²) < 4.78 is 1.71. The predicted molar refractivity (Wildman–Crippen MR) is 92.2 cm³/mol. The SMILES string of the molecule is O=C(Nc1cccc(Cl)c1Cl)c1cnn(Cc2ccccc2)c1. The number of halogens is 2. The van der Waals surface area contributed by atoms with Crippen molar-refractivity contribution in [3.8, 4) is 0 Å². The van der Waals surface area contributed by atoms with Gasteiger partial charge in [-0.25, -0.2) is 0 Å². The van der Waals surface area contributed by atoms with Crippen LogP contribution in [0.5, 0.6) is 0 Å². The third-order valence-electron chi connectivity index (χ3n) is 3.28. The van der Waals surface area contributed by atoms with Gasteiger partial charge in [0.1, 0.15) is 0 Å². The van der Waals surface area contributed by atoms with Crippen LogP contribution in [0.15, 0.2) is 60.9 Å². The van der Waals surface area contributed by atoms with Gasteiger partial charge < -0.3 is 5.32 Å². The molecular weight excluding hydrogens is 333 g/mol. The Kier molecular flexibility index (Phi) is 4.65. The van der Waals surface area contributed by atoms with E-state index in [0.717, 1.165) is 5.56 Å². The lowest BCUT2D eigenvalue weighted by Gasteiger charge is -2.06. The van der Waals surface area contributed by atoms with Crippen LogP contribution >= 0.6 is 23.2 Å². The van der Waals surface area contributed by atoms with Gasteiger partial charge in [0.25, 0.3) is 5.91 Å². The second kappa shape index (κ2) is 6.86. The van der Waals surface area contributed by atoms with E-state index in [1.54, 1.807) is 29.1 Å². The van der Waals surface area contributed by atoms with E-state index in [1.807, 2.05) is 30.3 Å². The fourth-order valence-electron chi connectivity index (χ4n) is 2.13. The molecule has 1 amide bonds. The first-order chi connectivity index (χ1) is 11.1. The molecule has 3 rings (SSSR count). The third-order valence-corrected chi connectivity index (χ3v) is 4.10. The average Bonchev–Trinajstić information content (AvgIpc) is 3.01. The maximum absolute atomic E-state index is 12.3. The van der Waals surface area contributed by atoms with Crippen molar-refractivity contribution in [2.45, 2.75) is 6.54 Å². The monoisotopic (exact) mass is 345 g/mol. The van der Waals surface area contributed by atoms with Gasteiger partial charge >= 0.3 is 0 Å². The molecule has 0 atom stereocenters. The Morgan fingerprint density at radius 3 is 2.65 bits per heavy atom. The zero-order valence-corrected chi connectivity index (χ0v) is 13.6. The van der Waals surface area contributed by atoms with Crippen molar-refractivity contribution in [3.63, 3.8) is 0 Å². The second-order valence-corrected chi connectivity index (χ2v) is 5.75. The molecule has 0 aliphatic heterocycles. The summed E-state index contributed by atoms with van der Waals surface area (Å²) in [5.41, 5.74) is 2.04. The van der Waals surface area contributed by atoms with Crippen LogP contribution in [-0.2, 0) is 6.54 Å². The first kappa shape index (κ1) is 15.6. The fraction of sp³-hybridized carbons (Fsp3) is 0.0588. The summed E-state index contributed by atoms with van der Waals surface area (Å²) in [5.74, 6) is -0.284. The minimum absolute atomic E-state index is 0.284. The number of hydrogen-bond acceptors (Lipinski definition) is 2. The summed E-state index contributed by atoms with van der Waals surface area (Å²) in [6, 6.07) is 15.0. The van der Waals surface area contributed by atoms with Crippen LogP contribution in [0.4, 0.5) is 5.69 Å². The Morgan fingerprint density at radius 2 is 1.87 bits per heavy atom. The molecule has 0 fully saturated rings. The number of aromatic nitrogens is 2. The van der Waals surface area contributed by atoms with Gasteiger partial charge in [-0.15, -0.1) is 0 Å². The van der Waals surface area contributed by atoms with E-state index < -0.39 is 0 Å². The number of hydrogen-bond donors (Lipinski definition) is 1. The van der Waals surface area contributed by atoms with Crippen LogP contribution in [-0.4, -0.2) is 15.7 Å². The van der Waals surface area contributed by atoms with E-state index in [0.29, 0.717) is 27.8 Å². The number of carbonyl (C=O) groups is 1. The average molecular weight is 346 g/mol. The Hall–Kier alpha value is -2.30. The molecular formula is C17H13Cl2N3O. The van der Waals surface area contributed by atoms with Gasteiger partial charge in [-0.1, -0.05) is 59.6 Å². The highest BCUT2D eigenvalue weighted by Crippen LogP contribution is 2.29. The number of nitrogens with one attached hydrogen (secondary N) is 1. The summed E-state index contributed by atoms with van der Waals surface area (Å²) in [7, 11) is 0. The molecule has 0 saturated heterocycles. The van der Waals surface area contributed by atoms with Gasteiger partial charge in [0.15, 0.2) is 0 Å². The maximum Gasteiger partial charge on any atom is 0.258 e. The normalized spacial score (nSPS) is 10.5. The zero-order valence-electron chi connectivity index (χ0n) is 12.0. The molecule has 0 radical (unpaired) electrons. The van der Waals surface area contributed by atoms with Crippen molar-refractivity contribution in [2.24, 2.45) is 0 Å². The summed E-state index contributed by atoms with van der Waals surface area (Å²) in [6.07, 6.45) is 3.22. The Labute approximate surface area is 143 Å². The highest BCUT2D eigenvalue weighted by atomic mass is 35.5. The molecule has 2 aromatic carbocycles. The first-order valence-corrected chi connectivity index (χ1v) is 7.71. The molecule has 1 heterocycles. The number of carbonyl (C=O) groups excluding carboxylic acids is 1. The van der Waals surface area contributed by atoms with Gasteiger partial charge in [-0.3, -0.25) is 9.48 Å². The summed E-state index contributed by atoms with van der Waals surface area (Å²) in [5, 5.41) is 7.66. The lowest BCUT2D eigenvalue weighted by Crippen LogP contribution is -2.11.